The Morgan fingerprint density at radius 1 is 1.36 bits per heavy atom. The zero-order valence-corrected chi connectivity index (χ0v) is 9.50. The van der Waals surface area contributed by atoms with Crippen LogP contribution in [0.15, 0.2) is 0 Å². The van der Waals surface area contributed by atoms with E-state index in [0.29, 0.717) is 0 Å². The zero-order chi connectivity index (χ0) is 7.82. The maximum atomic E-state index is 10.3. The second kappa shape index (κ2) is 10.2. The van der Waals surface area contributed by atoms with E-state index in [1.807, 2.05) is 6.92 Å². The number of hydrogen-bond acceptors (Lipinski definition) is 2. The van der Waals surface area contributed by atoms with Gasteiger partial charge in [-0.05, 0) is 12.8 Å². The predicted molar refractivity (Wildman–Crippen MR) is 56.8 cm³/mol. The summed E-state index contributed by atoms with van der Waals surface area (Å²) in [6.07, 6.45) is 2.88. The molecule has 0 saturated heterocycles. The molecule has 0 radical (unpaired) electrons. The molecule has 0 aliphatic heterocycles. The molecule has 1 N–H and O–H groups in total. The fourth-order valence-corrected chi connectivity index (χ4v) is 0.665. The van der Waals surface area contributed by atoms with E-state index >= 15 is 0 Å². The lowest BCUT2D eigenvalue weighted by Crippen LogP contribution is -2.37. The van der Waals surface area contributed by atoms with Crippen LogP contribution in [0, 0.1) is 0 Å². The molecule has 0 aliphatic rings. The van der Waals surface area contributed by atoms with Crippen molar-refractivity contribution in [1.82, 2.24) is 10.4 Å². The van der Waals surface area contributed by atoms with E-state index in [2.05, 4.69) is 12.3 Å². The minimum atomic E-state index is 0. The second-order valence-electron chi connectivity index (χ2n) is 2.21. The third-order valence-electron chi connectivity index (χ3n) is 1.16. The van der Waals surface area contributed by atoms with Gasteiger partial charge in [-0.3, -0.25) is 9.80 Å². The topological polar surface area (TPSA) is 32.3 Å². The molecule has 0 aromatic carbocycles. The first-order valence-electron chi connectivity index (χ1n) is 3.80. The van der Waals surface area contributed by atoms with E-state index in [4.69, 9.17) is 0 Å². The van der Waals surface area contributed by atoms with Crippen molar-refractivity contribution in [2.45, 2.75) is 26.7 Å². The Morgan fingerprint density at radius 3 is 2.36 bits per heavy atom. The van der Waals surface area contributed by atoms with Crippen molar-refractivity contribution in [3.05, 3.63) is 0 Å². The van der Waals surface area contributed by atoms with E-state index in [1.165, 1.54) is 0 Å². The number of amides is 1. The van der Waals surface area contributed by atoms with Gasteiger partial charge in [-0.15, -0.1) is 24.0 Å². The molecule has 11 heavy (non-hydrogen) atoms. The zero-order valence-electron chi connectivity index (χ0n) is 7.17. The molecule has 0 aromatic heterocycles. The Kier molecular flexibility index (Phi) is 12.7. The van der Waals surface area contributed by atoms with E-state index in [9.17, 15) is 4.79 Å². The maximum Gasteiger partial charge on any atom is 0.223 e. The van der Waals surface area contributed by atoms with Gasteiger partial charge in [0.25, 0.3) is 0 Å². The Bertz CT molecular complexity index is 90.5. The van der Waals surface area contributed by atoms with Crippen molar-refractivity contribution in [2.75, 3.05) is 13.1 Å². The largest absolute Gasteiger partial charge is 0.281 e. The molecule has 0 spiro atoms. The fourth-order valence-electron chi connectivity index (χ4n) is 0.665. The van der Waals surface area contributed by atoms with Gasteiger partial charge in [0.1, 0.15) is 0 Å². The summed E-state index contributed by atoms with van der Waals surface area (Å²) < 4.78 is 0. The molecule has 0 unspecified atom stereocenters. The lowest BCUT2D eigenvalue weighted by Gasteiger charge is -2.16. The highest BCUT2D eigenvalue weighted by Gasteiger charge is 1.94. The van der Waals surface area contributed by atoms with Crippen LogP contribution >= 0.6 is 24.0 Å². The molecule has 0 rings (SSSR count). The van der Waals surface area contributed by atoms with Crippen LogP contribution in [0.4, 0.5) is 0 Å². The third kappa shape index (κ3) is 8.06. The number of nitrogens with zero attached hydrogens (tertiary/aromatic N) is 1. The Labute approximate surface area is 85.5 Å². The third-order valence-corrected chi connectivity index (χ3v) is 1.16. The van der Waals surface area contributed by atoms with Crippen molar-refractivity contribution >= 4 is 30.4 Å². The molecule has 0 atom stereocenters. The van der Waals surface area contributed by atoms with Gasteiger partial charge in [0.15, 0.2) is 0 Å². The lowest BCUT2D eigenvalue weighted by molar-refractivity contribution is -0.121. The molecule has 0 fully saturated rings. The van der Waals surface area contributed by atoms with Crippen molar-refractivity contribution in [3.63, 3.8) is 0 Å². The monoisotopic (exact) mass is 272 g/mol. The molecular formula is C7H17IN2O. The Balaban J connectivity index is 0. The first kappa shape index (κ1) is 13.7. The smallest absolute Gasteiger partial charge is 0.223 e. The molecule has 4 heteroatoms. The van der Waals surface area contributed by atoms with E-state index in [0.717, 1.165) is 32.3 Å². The van der Waals surface area contributed by atoms with Crippen LogP contribution in [0.25, 0.3) is 0 Å². The molecule has 0 heterocycles. The summed E-state index contributed by atoms with van der Waals surface area (Å²) in [4.78, 5) is 10.3. The molecule has 0 aliphatic carbocycles. The van der Waals surface area contributed by atoms with Gasteiger partial charge in [0, 0.05) is 13.1 Å². The van der Waals surface area contributed by atoms with Gasteiger partial charge in [-0.25, -0.2) is 5.43 Å². The number of rotatable bonds is 6. The Morgan fingerprint density at radius 2 is 2.00 bits per heavy atom. The van der Waals surface area contributed by atoms with Crippen molar-refractivity contribution in [2.24, 2.45) is 0 Å². The second-order valence-corrected chi connectivity index (χ2v) is 2.21. The molecule has 0 aromatic rings. The average Bonchev–Trinajstić information content (AvgIpc) is 1.98. The normalized spacial score (nSPS) is 8.55. The minimum absolute atomic E-state index is 0. The molecule has 0 saturated carbocycles. The van der Waals surface area contributed by atoms with E-state index in [1.54, 1.807) is 5.01 Å². The SMILES string of the molecule is CCCNN(C=O)CCC.I. The highest BCUT2D eigenvalue weighted by molar-refractivity contribution is 14.0. The summed E-state index contributed by atoms with van der Waals surface area (Å²) >= 11 is 0. The van der Waals surface area contributed by atoms with Gasteiger partial charge in [-0.1, -0.05) is 13.8 Å². The summed E-state index contributed by atoms with van der Waals surface area (Å²) in [5, 5.41) is 1.59. The summed E-state index contributed by atoms with van der Waals surface area (Å²) in [6, 6.07) is 0. The van der Waals surface area contributed by atoms with Crippen LogP contribution in [0.5, 0.6) is 0 Å². The fraction of sp³-hybridized carbons (Fsp3) is 0.857. The molecule has 0 bridgehead atoms. The molecule has 68 valence electrons. The van der Waals surface area contributed by atoms with Gasteiger partial charge in [0.2, 0.25) is 6.41 Å². The number of carbonyl (C=O) groups excluding carboxylic acids is 1. The standard InChI is InChI=1S/C7H16N2O.HI/c1-3-5-8-9(7-10)6-4-2;/h7-8H,3-6H2,1-2H3;1H. The number of hydrazine groups is 1. The van der Waals surface area contributed by atoms with E-state index < -0.39 is 0 Å². The summed E-state index contributed by atoms with van der Waals surface area (Å²) in [7, 11) is 0. The summed E-state index contributed by atoms with van der Waals surface area (Å²) in [5.74, 6) is 0. The highest BCUT2D eigenvalue weighted by Crippen LogP contribution is 1.81. The molecule has 1 amide bonds. The van der Waals surface area contributed by atoms with Crippen LogP contribution < -0.4 is 5.43 Å². The quantitative estimate of drug-likeness (QED) is 0.450. The highest BCUT2D eigenvalue weighted by atomic mass is 127. The maximum absolute atomic E-state index is 10.3. The van der Waals surface area contributed by atoms with Crippen molar-refractivity contribution in [1.29, 1.82) is 0 Å². The van der Waals surface area contributed by atoms with Crippen molar-refractivity contribution in [3.8, 4) is 0 Å². The molecular weight excluding hydrogens is 255 g/mol. The van der Waals surface area contributed by atoms with Crippen LogP contribution in [0.1, 0.15) is 26.7 Å². The first-order chi connectivity index (χ1) is 4.85. The van der Waals surface area contributed by atoms with Gasteiger partial charge in [0.05, 0.1) is 0 Å². The average molecular weight is 272 g/mol. The number of carbonyl (C=O) groups is 1. The van der Waals surface area contributed by atoms with Gasteiger partial charge in [-0.2, -0.15) is 0 Å². The number of halogens is 1. The van der Waals surface area contributed by atoms with E-state index in [-0.39, 0.29) is 24.0 Å². The van der Waals surface area contributed by atoms with Gasteiger partial charge < -0.3 is 0 Å². The number of nitrogens with one attached hydrogen (secondary N) is 1. The molecule has 3 nitrogen and oxygen atoms in total. The van der Waals surface area contributed by atoms with Crippen LogP contribution in [-0.4, -0.2) is 24.5 Å². The summed E-state index contributed by atoms with van der Waals surface area (Å²) in [5.41, 5.74) is 2.99. The number of hydrogen-bond donors (Lipinski definition) is 1. The van der Waals surface area contributed by atoms with Crippen LogP contribution in [-0.2, 0) is 4.79 Å². The summed E-state index contributed by atoms with van der Waals surface area (Å²) in [6.45, 7) is 5.79. The van der Waals surface area contributed by atoms with Crippen LogP contribution in [0.2, 0.25) is 0 Å². The van der Waals surface area contributed by atoms with Gasteiger partial charge >= 0.3 is 0 Å². The predicted octanol–water partition coefficient (Wildman–Crippen LogP) is 1.39. The minimum Gasteiger partial charge on any atom is -0.281 e. The lowest BCUT2D eigenvalue weighted by atomic mass is 10.5. The van der Waals surface area contributed by atoms with Crippen molar-refractivity contribution < 1.29 is 4.79 Å². The van der Waals surface area contributed by atoms with Crippen LogP contribution in [0.3, 0.4) is 0 Å². The first-order valence-corrected chi connectivity index (χ1v) is 3.80. The Hall–Kier alpha value is 0.160.